The van der Waals surface area contributed by atoms with Crippen molar-refractivity contribution < 1.29 is 4.79 Å². The first-order valence-electron chi connectivity index (χ1n) is 11.5. The van der Waals surface area contributed by atoms with E-state index in [1.54, 1.807) is 6.92 Å². The molecule has 0 N–H and O–H groups in total. The molecule has 1 saturated heterocycles. The van der Waals surface area contributed by atoms with Gasteiger partial charge in [0.1, 0.15) is 17.0 Å². The number of halogens is 1. The Morgan fingerprint density at radius 3 is 2.59 bits per heavy atom. The van der Waals surface area contributed by atoms with Crippen molar-refractivity contribution in [1.82, 2.24) is 24.6 Å². The zero-order chi connectivity index (χ0) is 22.7. The molecular weight excluding hydrogens is 424 g/mol. The molecule has 1 aliphatic heterocycles. The number of anilines is 1. The summed E-state index contributed by atoms with van der Waals surface area (Å²) in [4.78, 5) is 26.5. The number of benzene rings is 1. The molecule has 0 radical (unpaired) electrons. The highest BCUT2D eigenvalue weighted by atomic mass is 35.5. The quantitative estimate of drug-likeness (QED) is 0.517. The molecule has 0 unspecified atom stereocenters. The SMILES string of the molecule is CCC[C@H](C)c1nc(N2CCCN(C(=O)[C@@H](C)Cl)CC2)c2cnn(-c3ccccc3)c2n1. The summed E-state index contributed by atoms with van der Waals surface area (Å²) in [6, 6.07) is 10.1. The summed E-state index contributed by atoms with van der Waals surface area (Å²) in [7, 11) is 0. The Kier molecular flexibility index (Phi) is 6.94. The van der Waals surface area contributed by atoms with E-state index in [4.69, 9.17) is 21.6 Å². The monoisotopic (exact) mass is 454 g/mol. The van der Waals surface area contributed by atoms with E-state index in [-0.39, 0.29) is 11.8 Å². The minimum absolute atomic E-state index is 0.00416. The Bertz CT molecular complexity index is 1070. The van der Waals surface area contributed by atoms with Gasteiger partial charge in [-0.25, -0.2) is 14.6 Å². The van der Waals surface area contributed by atoms with Crippen molar-refractivity contribution in [3.63, 3.8) is 0 Å². The van der Waals surface area contributed by atoms with Crippen LogP contribution in [-0.2, 0) is 4.79 Å². The number of hydrogen-bond donors (Lipinski definition) is 0. The fourth-order valence-corrected chi connectivity index (χ4v) is 4.43. The van der Waals surface area contributed by atoms with Gasteiger partial charge in [0.05, 0.1) is 17.3 Å². The average molecular weight is 455 g/mol. The van der Waals surface area contributed by atoms with Crippen molar-refractivity contribution >= 4 is 34.4 Å². The molecule has 1 aliphatic rings. The summed E-state index contributed by atoms with van der Waals surface area (Å²) in [5.74, 6) is 2.00. The lowest BCUT2D eigenvalue weighted by atomic mass is 10.1. The molecule has 2 atom stereocenters. The molecule has 0 saturated carbocycles. The van der Waals surface area contributed by atoms with Gasteiger partial charge in [0, 0.05) is 32.1 Å². The maximum Gasteiger partial charge on any atom is 0.240 e. The van der Waals surface area contributed by atoms with Gasteiger partial charge in [-0.1, -0.05) is 38.5 Å². The normalized spacial score (nSPS) is 16.8. The van der Waals surface area contributed by atoms with Crippen molar-refractivity contribution in [2.75, 3.05) is 31.1 Å². The smallest absolute Gasteiger partial charge is 0.240 e. The van der Waals surface area contributed by atoms with Gasteiger partial charge in [0.15, 0.2) is 5.65 Å². The molecule has 2 aromatic heterocycles. The van der Waals surface area contributed by atoms with E-state index in [1.807, 2.05) is 46.1 Å². The van der Waals surface area contributed by atoms with E-state index < -0.39 is 5.38 Å². The number of fused-ring (bicyclic) bond motifs is 1. The van der Waals surface area contributed by atoms with Gasteiger partial charge in [-0.2, -0.15) is 5.10 Å². The van der Waals surface area contributed by atoms with Gasteiger partial charge in [-0.15, -0.1) is 11.6 Å². The van der Waals surface area contributed by atoms with E-state index in [0.717, 1.165) is 54.2 Å². The second kappa shape index (κ2) is 9.86. The van der Waals surface area contributed by atoms with Crippen LogP contribution >= 0.6 is 11.6 Å². The van der Waals surface area contributed by atoms with E-state index in [1.165, 1.54) is 0 Å². The summed E-state index contributed by atoms with van der Waals surface area (Å²) in [5, 5.41) is 5.10. The highest BCUT2D eigenvalue weighted by Crippen LogP contribution is 2.29. The van der Waals surface area contributed by atoms with Crippen LogP contribution in [0.1, 0.15) is 51.8 Å². The molecule has 3 heterocycles. The molecule has 7 nitrogen and oxygen atoms in total. The third kappa shape index (κ3) is 4.58. The van der Waals surface area contributed by atoms with Crippen LogP contribution in [0.25, 0.3) is 16.7 Å². The Balaban J connectivity index is 1.74. The van der Waals surface area contributed by atoms with Gasteiger partial charge in [-0.3, -0.25) is 4.79 Å². The molecule has 8 heteroatoms. The maximum atomic E-state index is 12.4. The Hall–Kier alpha value is -2.67. The van der Waals surface area contributed by atoms with E-state index in [2.05, 4.69) is 23.8 Å². The lowest BCUT2D eigenvalue weighted by Crippen LogP contribution is -2.38. The second-order valence-corrected chi connectivity index (χ2v) is 9.16. The number of carbonyl (C=O) groups excluding carboxylic acids is 1. The third-order valence-electron chi connectivity index (χ3n) is 6.04. The fraction of sp³-hybridized carbons (Fsp3) is 0.500. The van der Waals surface area contributed by atoms with Crippen molar-refractivity contribution in [2.24, 2.45) is 0 Å². The molecule has 3 aromatic rings. The number of hydrogen-bond acceptors (Lipinski definition) is 5. The number of alkyl halides is 1. The lowest BCUT2D eigenvalue weighted by Gasteiger charge is -2.24. The van der Waals surface area contributed by atoms with Crippen LogP contribution in [0.2, 0.25) is 0 Å². The van der Waals surface area contributed by atoms with E-state index in [9.17, 15) is 4.79 Å². The molecular formula is C24H31ClN6O. The minimum Gasteiger partial charge on any atom is -0.354 e. The van der Waals surface area contributed by atoms with Gasteiger partial charge < -0.3 is 9.80 Å². The van der Waals surface area contributed by atoms with Crippen LogP contribution < -0.4 is 4.90 Å². The average Bonchev–Trinajstić information content (AvgIpc) is 3.08. The number of carbonyl (C=O) groups is 1. The first kappa shape index (κ1) is 22.5. The summed E-state index contributed by atoms with van der Waals surface area (Å²) in [6.07, 6.45) is 4.83. The summed E-state index contributed by atoms with van der Waals surface area (Å²) < 4.78 is 1.89. The minimum atomic E-state index is -0.502. The predicted molar refractivity (Wildman–Crippen MR) is 129 cm³/mol. The molecule has 0 spiro atoms. The van der Waals surface area contributed by atoms with Gasteiger partial charge in [0.2, 0.25) is 5.91 Å². The molecule has 32 heavy (non-hydrogen) atoms. The fourth-order valence-electron chi connectivity index (χ4n) is 4.29. The molecule has 0 aliphatic carbocycles. The van der Waals surface area contributed by atoms with Crippen LogP contribution in [0.4, 0.5) is 5.82 Å². The zero-order valence-corrected chi connectivity index (χ0v) is 19.8. The highest BCUT2D eigenvalue weighted by Gasteiger charge is 2.25. The second-order valence-electron chi connectivity index (χ2n) is 8.51. The number of rotatable bonds is 6. The first-order valence-corrected chi connectivity index (χ1v) is 11.9. The third-order valence-corrected chi connectivity index (χ3v) is 6.22. The Labute approximate surface area is 194 Å². The van der Waals surface area contributed by atoms with Gasteiger partial charge >= 0.3 is 0 Å². The van der Waals surface area contributed by atoms with Gasteiger partial charge in [-0.05, 0) is 31.9 Å². The number of nitrogens with zero attached hydrogens (tertiary/aromatic N) is 6. The number of amides is 1. The standard InChI is InChI=1S/C24H31ClN6O/c1-4-9-17(2)21-27-22(29-12-8-13-30(15-14-29)24(32)18(3)25)20-16-26-31(23(20)28-21)19-10-6-5-7-11-19/h5-7,10-11,16-18H,4,8-9,12-15H2,1-3H3/t17-,18+/m0/s1. The summed E-state index contributed by atoms with van der Waals surface area (Å²) >= 11 is 6.06. The maximum absolute atomic E-state index is 12.4. The van der Waals surface area contributed by atoms with Crippen LogP contribution in [0, 0.1) is 0 Å². The summed E-state index contributed by atoms with van der Waals surface area (Å²) in [5.41, 5.74) is 1.80. The molecule has 170 valence electrons. The van der Waals surface area contributed by atoms with Crippen LogP contribution in [0.15, 0.2) is 36.5 Å². The van der Waals surface area contributed by atoms with E-state index in [0.29, 0.717) is 19.6 Å². The topological polar surface area (TPSA) is 67.2 Å². The van der Waals surface area contributed by atoms with E-state index >= 15 is 0 Å². The van der Waals surface area contributed by atoms with Crippen LogP contribution in [-0.4, -0.2) is 62.1 Å². The predicted octanol–water partition coefficient (Wildman–Crippen LogP) is 4.39. The zero-order valence-electron chi connectivity index (χ0n) is 19.0. The largest absolute Gasteiger partial charge is 0.354 e. The van der Waals surface area contributed by atoms with Crippen molar-refractivity contribution in [2.45, 2.75) is 51.3 Å². The van der Waals surface area contributed by atoms with Crippen molar-refractivity contribution in [1.29, 1.82) is 0 Å². The lowest BCUT2D eigenvalue weighted by molar-refractivity contribution is -0.130. The van der Waals surface area contributed by atoms with Crippen molar-refractivity contribution in [3.8, 4) is 5.69 Å². The van der Waals surface area contributed by atoms with Gasteiger partial charge in [0.25, 0.3) is 0 Å². The summed E-state index contributed by atoms with van der Waals surface area (Å²) in [6.45, 7) is 8.98. The van der Waals surface area contributed by atoms with Crippen LogP contribution in [0.3, 0.4) is 0 Å². The Morgan fingerprint density at radius 2 is 1.88 bits per heavy atom. The van der Waals surface area contributed by atoms with Crippen molar-refractivity contribution in [3.05, 3.63) is 42.4 Å². The highest BCUT2D eigenvalue weighted by molar-refractivity contribution is 6.30. The first-order chi connectivity index (χ1) is 15.5. The number of aromatic nitrogens is 4. The van der Waals surface area contributed by atoms with Crippen LogP contribution in [0.5, 0.6) is 0 Å². The molecule has 1 amide bonds. The molecule has 1 fully saturated rings. The molecule has 4 rings (SSSR count). The molecule has 0 bridgehead atoms. The number of para-hydroxylation sites is 1. The Morgan fingerprint density at radius 1 is 1.09 bits per heavy atom. The molecule has 1 aromatic carbocycles.